The zero-order chi connectivity index (χ0) is 14.8. The summed E-state index contributed by atoms with van der Waals surface area (Å²) >= 11 is 0. The molecule has 0 spiro atoms. The van der Waals surface area contributed by atoms with Gasteiger partial charge in [-0.25, -0.2) is 4.79 Å². The number of rotatable bonds is 3. The van der Waals surface area contributed by atoms with Crippen molar-refractivity contribution in [2.45, 2.75) is 44.8 Å². The minimum Gasteiger partial charge on any atom is -0.391 e. The quantitative estimate of drug-likeness (QED) is 0.929. The first-order valence-corrected chi connectivity index (χ1v) is 7.95. The van der Waals surface area contributed by atoms with E-state index in [0.29, 0.717) is 19.0 Å². The van der Waals surface area contributed by atoms with E-state index in [9.17, 15) is 9.90 Å². The minimum atomic E-state index is -0.422. The number of anilines is 1. The molecule has 1 aromatic rings. The summed E-state index contributed by atoms with van der Waals surface area (Å²) in [5, 5.41) is 10.5. The summed E-state index contributed by atoms with van der Waals surface area (Å²) in [4.78, 5) is 15.9. The van der Waals surface area contributed by atoms with Gasteiger partial charge in [0.2, 0.25) is 0 Å². The van der Waals surface area contributed by atoms with Crippen LogP contribution in [0.3, 0.4) is 0 Å². The fraction of sp³-hybridized carbons (Fsp3) is 0.588. The molecule has 0 bridgehead atoms. The average Bonchev–Trinajstić information content (AvgIpc) is 2.52. The molecule has 1 fully saturated rings. The highest BCUT2D eigenvalue weighted by Crippen LogP contribution is 2.31. The van der Waals surface area contributed by atoms with Crippen molar-refractivity contribution in [2.75, 3.05) is 18.5 Å². The first-order chi connectivity index (χ1) is 10.2. The first kappa shape index (κ1) is 14.4. The topological polar surface area (TPSA) is 43.8 Å². The van der Waals surface area contributed by atoms with E-state index in [1.807, 2.05) is 25.2 Å². The van der Waals surface area contributed by atoms with Crippen LogP contribution in [0.2, 0.25) is 0 Å². The van der Waals surface area contributed by atoms with Gasteiger partial charge in [-0.2, -0.15) is 0 Å². The second-order valence-corrected chi connectivity index (χ2v) is 6.34. The molecule has 1 N–H and O–H groups in total. The summed E-state index contributed by atoms with van der Waals surface area (Å²) in [5.74, 6) is 0.339. The molecule has 21 heavy (non-hydrogen) atoms. The number of aliphatic hydroxyl groups is 1. The number of hydrogen-bond donors (Lipinski definition) is 1. The van der Waals surface area contributed by atoms with Crippen molar-refractivity contribution in [1.82, 2.24) is 4.90 Å². The van der Waals surface area contributed by atoms with Crippen molar-refractivity contribution in [2.24, 2.45) is 5.92 Å². The highest BCUT2D eigenvalue weighted by atomic mass is 16.3. The van der Waals surface area contributed by atoms with Crippen LogP contribution in [0.25, 0.3) is 0 Å². The summed E-state index contributed by atoms with van der Waals surface area (Å²) in [7, 11) is 1.82. The highest BCUT2D eigenvalue weighted by molar-refractivity contribution is 5.94. The molecule has 2 amide bonds. The van der Waals surface area contributed by atoms with Gasteiger partial charge in [0.15, 0.2) is 0 Å². The number of para-hydroxylation sites is 1. The second-order valence-electron chi connectivity index (χ2n) is 6.34. The van der Waals surface area contributed by atoms with Crippen LogP contribution in [0, 0.1) is 5.92 Å². The molecule has 1 aromatic carbocycles. The Morgan fingerprint density at radius 2 is 1.95 bits per heavy atom. The molecule has 0 aromatic heterocycles. The number of carbonyl (C=O) groups excluding carboxylic acids is 1. The summed E-state index contributed by atoms with van der Waals surface area (Å²) in [6, 6.07) is 7.98. The molecule has 1 unspecified atom stereocenters. The number of aliphatic hydroxyl groups excluding tert-OH is 1. The van der Waals surface area contributed by atoms with Crippen LogP contribution in [-0.4, -0.2) is 35.7 Å². The lowest BCUT2D eigenvalue weighted by Gasteiger charge is -2.38. The monoisotopic (exact) mass is 288 g/mol. The number of β-amino-alcohol motifs (C(OH)–C–C–N with tert-alkyl or cyclic N) is 1. The van der Waals surface area contributed by atoms with Gasteiger partial charge in [0.25, 0.3) is 0 Å². The molecule has 3 rings (SSSR count). The zero-order valence-corrected chi connectivity index (χ0v) is 12.7. The molecule has 1 aliphatic heterocycles. The average molecular weight is 288 g/mol. The standard InChI is InChI=1S/C17H24N2O2/c1-18-11-14-9-5-6-10-15(14)19(17(18)21)12-16(20)13-7-3-2-4-8-13/h5-6,9-10,13,16,20H,2-4,7-8,11-12H2,1H3. The lowest BCUT2D eigenvalue weighted by atomic mass is 9.85. The number of benzene rings is 1. The van der Waals surface area contributed by atoms with Gasteiger partial charge in [0, 0.05) is 13.6 Å². The molecule has 0 radical (unpaired) electrons. The van der Waals surface area contributed by atoms with Crippen LogP contribution in [-0.2, 0) is 6.54 Å². The lowest BCUT2D eigenvalue weighted by Crippen LogP contribution is -2.49. The maximum absolute atomic E-state index is 12.4. The number of nitrogens with zero attached hydrogens (tertiary/aromatic N) is 2. The molecule has 1 atom stereocenters. The fourth-order valence-electron chi connectivity index (χ4n) is 3.57. The van der Waals surface area contributed by atoms with Crippen molar-refractivity contribution < 1.29 is 9.90 Å². The highest BCUT2D eigenvalue weighted by Gasteiger charge is 2.31. The van der Waals surface area contributed by atoms with Gasteiger partial charge in [0.1, 0.15) is 0 Å². The van der Waals surface area contributed by atoms with Gasteiger partial charge in [-0.3, -0.25) is 4.90 Å². The lowest BCUT2D eigenvalue weighted by molar-refractivity contribution is 0.0893. The van der Waals surface area contributed by atoms with Crippen LogP contribution in [0.4, 0.5) is 10.5 Å². The molecule has 0 saturated heterocycles. The van der Waals surface area contributed by atoms with Crippen molar-refractivity contribution >= 4 is 11.7 Å². The smallest absolute Gasteiger partial charge is 0.324 e. The third kappa shape index (κ3) is 2.91. The number of hydrogen-bond acceptors (Lipinski definition) is 2. The van der Waals surface area contributed by atoms with Gasteiger partial charge in [0.05, 0.1) is 18.3 Å². The van der Waals surface area contributed by atoms with Crippen molar-refractivity contribution in [3.63, 3.8) is 0 Å². The Labute approximate surface area is 126 Å². The summed E-state index contributed by atoms with van der Waals surface area (Å²) in [6.45, 7) is 1.05. The van der Waals surface area contributed by atoms with E-state index in [2.05, 4.69) is 6.07 Å². The van der Waals surface area contributed by atoms with Crippen molar-refractivity contribution in [3.05, 3.63) is 29.8 Å². The van der Waals surface area contributed by atoms with E-state index in [1.54, 1.807) is 9.80 Å². The number of carbonyl (C=O) groups is 1. The van der Waals surface area contributed by atoms with Crippen LogP contribution in [0.5, 0.6) is 0 Å². The van der Waals surface area contributed by atoms with E-state index in [1.165, 1.54) is 19.3 Å². The maximum atomic E-state index is 12.4. The van der Waals surface area contributed by atoms with E-state index in [-0.39, 0.29) is 6.03 Å². The van der Waals surface area contributed by atoms with Crippen LogP contribution in [0.1, 0.15) is 37.7 Å². The van der Waals surface area contributed by atoms with Crippen LogP contribution >= 0.6 is 0 Å². The predicted octanol–water partition coefficient (Wildman–Crippen LogP) is 3.00. The first-order valence-electron chi connectivity index (χ1n) is 7.95. The molecule has 4 heteroatoms. The number of fused-ring (bicyclic) bond motifs is 1. The molecule has 2 aliphatic rings. The van der Waals surface area contributed by atoms with E-state index in [0.717, 1.165) is 24.1 Å². The van der Waals surface area contributed by atoms with Gasteiger partial charge in [-0.15, -0.1) is 0 Å². The molecule has 1 saturated carbocycles. The second kappa shape index (κ2) is 6.06. The molecular weight excluding hydrogens is 264 g/mol. The molecule has 1 aliphatic carbocycles. The van der Waals surface area contributed by atoms with Crippen LogP contribution < -0.4 is 4.90 Å². The predicted molar refractivity (Wildman–Crippen MR) is 83.2 cm³/mol. The van der Waals surface area contributed by atoms with Gasteiger partial charge >= 0.3 is 6.03 Å². The summed E-state index contributed by atoms with van der Waals surface area (Å²) in [5.41, 5.74) is 2.10. The number of amides is 2. The largest absolute Gasteiger partial charge is 0.391 e. The van der Waals surface area contributed by atoms with E-state index < -0.39 is 6.10 Å². The maximum Gasteiger partial charge on any atom is 0.324 e. The number of urea groups is 1. The Morgan fingerprint density at radius 1 is 1.24 bits per heavy atom. The SMILES string of the molecule is CN1Cc2ccccc2N(CC(O)C2CCCCC2)C1=O. The van der Waals surface area contributed by atoms with Gasteiger partial charge in [-0.05, 0) is 30.4 Å². The summed E-state index contributed by atoms with van der Waals surface area (Å²) < 4.78 is 0. The minimum absolute atomic E-state index is 0.0106. The van der Waals surface area contributed by atoms with Crippen molar-refractivity contribution in [1.29, 1.82) is 0 Å². The third-order valence-corrected chi connectivity index (χ3v) is 4.81. The molecule has 4 nitrogen and oxygen atoms in total. The normalized spacial score (nSPS) is 21.3. The third-order valence-electron chi connectivity index (χ3n) is 4.81. The van der Waals surface area contributed by atoms with E-state index in [4.69, 9.17) is 0 Å². The molecular formula is C17H24N2O2. The zero-order valence-electron chi connectivity index (χ0n) is 12.7. The van der Waals surface area contributed by atoms with E-state index >= 15 is 0 Å². The Bertz CT molecular complexity index is 511. The molecule has 1 heterocycles. The van der Waals surface area contributed by atoms with Gasteiger partial charge < -0.3 is 10.0 Å². The van der Waals surface area contributed by atoms with Crippen molar-refractivity contribution in [3.8, 4) is 0 Å². The Kier molecular flexibility index (Phi) is 4.15. The fourth-order valence-corrected chi connectivity index (χ4v) is 3.57. The Morgan fingerprint density at radius 3 is 2.71 bits per heavy atom. The van der Waals surface area contributed by atoms with Crippen LogP contribution in [0.15, 0.2) is 24.3 Å². The summed E-state index contributed by atoms with van der Waals surface area (Å²) in [6.07, 6.45) is 5.42. The van der Waals surface area contributed by atoms with Gasteiger partial charge in [-0.1, -0.05) is 37.5 Å². The molecule has 114 valence electrons. The Balaban J connectivity index is 1.78. The Hall–Kier alpha value is -1.55.